The van der Waals surface area contributed by atoms with Crippen LogP contribution in [0.5, 0.6) is 5.75 Å². The lowest BCUT2D eigenvalue weighted by Crippen LogP contribution is -2.18. The highest BCUT2D eigenvalue weighted by molar-refractivity contribution is 7.15. The summed E-state index contributed by atoms with van der Waals surface area (Å²) >= 11 is 1.20. The van der Waals surface area contributed by atoms with Gasteiger partial charge in [-0.3, -0.25) is 10.1 Å². The zero-order valence-electron chi connectivity index (χ0n) is 11.3. The first-order chi connectivity index (χ1) is 9.61. The molecule has 1 aromatic carbocycles. The van der Waals surface area contributed by atoms with Gasteiger partial charge in [-0.2, -0.15) is 0 Å². The van der Waals surface area contributed by atoms with E-state index in [1.165, 1.54) is 17.4 Å². The van der Waals surface area contributed by atoms with E-state index in [0.717, 1.165) is 16.2 Å². The van der Waals surface area contributed by atoms with E-state index in [2.05, 4.69) is 5.32 Å². The highest BCUT2D eigenvalue weighted by Gasteiger charge is 2.13. The predicted molar refractivity (Wildman–Crippen MR) is 79.2 cm³/mol. The second kappa shape index (κ2) is 6.49. The molecule has 0 unspecified atom stereocenters. The lowest BCUT2D eigenvalue weighted by atomic mass is 10.1. The Bertz CT molecular complexity index is 598. The number of thiophene rings is 1. The Kier molecular flexibility index (Phi) is 4.70. The van der Waals surface area contributed by atoms with Gasteiger partial charge in [0.2, 0.25) is 0 Å². The van der Waals surface area contributed by atoms with Gasteiger partial charge in [0.1, 0.15) is 5.75 Å². The molecule has 2 rings (SSSR count). The third-order valence-electron chi connectivity index (χ3n) is 3.02. The first kappa shape index (κ1) is 14.5. The van der Waals surface area contributed by atoms with Gasteiger partial charge in [-0.1, -0.05) is 29.5 Å². The third kappa shape index (κ3) is 3.34. The van der Waals surface area contributed by atoms with E-state index >= 15 is 0 Å². The minimum Gasteiger partial charge on any atom is -0.496 e. The summed E-state index contributed by atoms with van der Waals surface area (Å²) < 4.78 is 5.33. The molecule has 1 N–H and O–H groups in total. The molecule has 0 saturated carbocycles. The van der Waals surface area contributed by atoms with Crippen molar-refractivity contribution in [2.45, 2.75) is 19.5 Å². The Morgan fingerprint density at radius 1 is 1.35 bits per heavy atom. The average Bonchev–Trinajstić information content (AvgIpc) is 2.94. The highest BCUT2D eigenvalue weighted by Crippen LogP contribution is 2.27. The Morgan fingerprint density at radius 2 is 2.10 bits per heavy atom. The van der Waals surface area contributed by atoms with E-state index in [4.69, 9.17) is 4.74 Å². The summed E-state index contributed by atoms with van der Waals surface area (Å²) in [6.45, 7) is 2.64. The second-order valence-electron chi connectivity index (χ2n) is 4.34. The zero-order valence-corrected chi connectivity index (χ0v) is 12.1. The molecule has 6 heteroatoms. The number of hydrogen-bond donors (Lipinski definition) is 1. The van der Waals surface area contributed by atoms with E-state index in [1.807, 2.05) is 31.2 Å². The van der Waals surface area contributed by atoms with Gasteiger partial charge in [0.05, 0.1) is 12.0 Å². The van der Waals surface area contributed by atoms with Crippen molar-refractivity contribution in [3.8, 4) is 5.75 Å². The highest BCUT2D eigenvalue weighted by atomic mass is 32.1. The molecule has 0 radical (unpaired) electrons. The Balaban J connectivity index is 2.00. The molecule has 1 heterocycles. The maximum atomic E-state index is 10.6. The number of nitrogens with zero attached hydrogens (tertiary/aromatic N) is 1. The molecule has 0 bridgehead atoms. The van der Waals surface area contributed by atoms with Gasteiger partial charge in [0.15, 0.2) is 0 Å². The normalized spacial score (nSPS) is 12.1. The number of nitrogens with one attached hydrogen (secondary N) is 1. The summed E-state index contributed by atoms with van der Waals surface area (Å²) in [5, 5.41) is 14.2. The zero-order chi connectivity index (χ0) is 14.5. The van der Waals surface area contributed by atoms with Gasteiger partial charge in [0.25, 0.3) is 0 Å². The van der Waals surface area contributed by atoms with Crippen LogP contribution in [-0.4, -0.2) is 12.0 Å². The Hall–Kier alpha value is -1.92. The second-order valence-corrected chi connectivity index (χ2v) is 5.49. The molecule has 1 aromatic heterocycles. The molecule has 0 spiro atoms. The van der Waals surface area contributed by atoms with Crippen molar-refractivity contribution in [1.82, 2.24) is 5.32 Å². The molecule has 2 aromatic rings. The van der Waals surface area contributed by atoms with E-state index in [9.17, 15) is 10.1 Å². The van der Waals surface area contributed by atoms with Crippen LogP contribution < -0.4 is 10.1 Å². The summed E-state index contributed by atoms with van der Waals surface area (Å²) in [5.41, 5.74) is 1.07. The van der Waals surface area contributed by atoms with Crippen LogP contribution in [0.3, 0.4) is 0 Å². The van der Waals surface area contributed by atoms with Crippen LogP contribution in [0.2, 0.25) is 0 Å². The molecule has 20 heavy (non-hydrogen) atoms. The number of benzene rings is 1. The van der Waals surface area contributed by atoms with Crippen molar-refractivity contribution >= 4 is 16.3 Å². The average molecular weight is 292 g/mol. The third-order valence-corrected chi connectivity index (χ3v) is 4.05. The number of nitro groups is 1. The van der Waals surface area contributed by atoms with Crippen molar-refractivity contribution in [2.24, 2.45) is 0 Å². The van der Waals surface area contributed by atoms with Crippen molar-refractivity contribution < 1.29 is 9.66 Å². The Labute approximate surface area is 121 Å². The first-order valence-corrected chi connectivity index (χ1v) is 7.03. The molecule has 1 atom stereocenters. The molecular formula is C14H16N2O3S. The smallest absolute Gasteiger partial charge is 0.324 e. The van der Waals surface area contributed by atoms with Crippen molar-refractivity contribution in [3.05, 3.63) is 57.0 Å². The van der Waals surface area contributed by atoms with Crippen molar-refractivity contribution in [2.75, 3.05) is 7.11 Å². The van der Waals surface area contributed by atoms with E-state index < -0.39 is 0 Å². The Morgan fingerprint density at radius 3 is 2.75 bits per heavy atom. The van der Waals surface area contributed by atoms with E-state index in [-0.39, 0.29) is 16.0 Å². The number of rotatable bonds is 6. The van der Waals surface area contributed by atoms with E-state index in [0.29, 0.717) is 6.54 Å². The SMILES string of the molecule is COc1ccccc1[C@@H](C)NCc1ccc([N+](=O)[O-])s1. The maximum absolute atomic E-state index is 10.6. The quantitative estimate of drug-likeness (QED) is 0.653. The van der Waals surface area contributed by atoms with Crippen molar-refractivity contribution in [1.29, 1.82) is 0 Å². The largest absolute Gasteiger partial charge is 0.496 e. The summed E-state index contributed by atoms with van der Waals surface area (Å²) in [7, 11) is 1.65. The summed E-state index contributed by atoms with van der Waals surface area (Å²) in [6, 6.07) is 11.2. The standard InChI is InChI=1S/C14H16N2O3S/c1-10(12-5-3-4-6-13(12)19-2)15-9-11-7-8-14(20-11)16(17)18/h3-8,10,15H,9H2,1-2H3/t10-/m1/s1. The molecule has 0 aliphatic carbocycles. The number of ether oxygens (including phenoxy) is 1. The fourth-order valence-corrected chi connectivity index (χ4v) is 2.72. The molecule has 0 aliphatic rings. The van der Waals surface area contributed by atoms with Crippen molar-refractivity contribution in [3.63, 3.8) is 0 Å². The molecule has 0 amide bonds. The van der Waals surface area contributed by atoms with Gasteiger partial charge in [-0.05, 0) is 19.1 Å². The lowest BCUT2D eigenvalue weighted by molar-refractivity contribution is -0.380. The number of hydrogen-bond acceptors (Lipinski definition) is 5. The van der Waals surface area contributed by atoms with Gasteiger partial charge in [-0.15, -0.1) is 0 Å². The van der Waals surface area contributed by atoms with Crippen LogP contribution in [0.1, 0.15) is 23.4 Å². The van der Waals surface area contributed by atoms with Gasteiger partial charge >= 0.3 is 5.00 Å². The van der Waals surface area contributed by atoms with Crippen LogP contribution in [-0.2, 0) is 6.54 Å². The van der Waals surface area contributed by atoms with Crippen LogP contribution in [0.4, 0.5) is 5.00 Å². The predicted octanol–water partition coefficient (Wildman–Crippen LogP) is 3.52. The fourth-order valence-electron chi connectivity index (χ4n) is 1.95. The lowest BCUT2D eigenvalue weighted by Gasteiger charge is -2.16. The minimum absolute atomic E-state index is 0.104. The maximum Gasteiger partial charge on any atom is 0.324 e. The van der Waals surface area contributed by atoms with Crippen LogP contribution in [0.25, 0.3) is 0 Å². The van der Waals surface area contributed by atoms with Gasteiger partial charge in [0, 0.05) is 29.1 Å². The monoisotopic (exact) mass is 292 g/mol. The summed E-state index contributed by atoms with van der Waals surface area (Å²) in [5.74, 6) is 0.838. The first-order valence-electron chi connectivity index (χ1n) is 6.21. The molecule has 0 aliphatic heterocycles. The summed E-state index contributed by atoms with van der Waals surface area (Å²) in [4.78, 5) is 11.2. The number of methoxy groups -OCH3 is 1. The molecule has 0 fully saturated rings. The van der Waals surface area contributed by atoms with Gasteiger partial charge in [-0.25, -0.2) is 0 Å². The topological polar surface area (TPSA) is 64.4 Å². The van der Waals surface area contributed by atoms with E-state index in [1.54, 1.807) is 13.2 Å². The van der Waals surface area contributed by atoms with Crippen LogP contribution in [0.15, 0.2) is 36.4 Å². The fraction of sp³-hybridized carbons (Fsp3) is 0.286. The van der Waals surface area contributed by atoms with Crippen LogP contribution in [0, 0.1) is 10.1 Å². The van der Waals surface area contributed by atoms with Gasteiger partial charge < -0.3 is 10.1 Å². The molecule has 106 valence electrons. The molecule has 0 saturated heterocycles. The molecular weight excluding hydrogens is 276 g/mol. The number of para-hydroxylation sites is 1. The minimum atomic E-state index is -0.363. The summed E-state index contributed by atoms with van der Waals surface area (Å²) in [6.07, 6.45) is 0. The van der Waals surface area contributed by atoms with Crippen LogP contribution >= 0.6 is 11.3 Å². The molecule has 5 nitrogen and oxygen atoms in total.